The van der Waals surface area contributed by atoms with Gasteiger partial charge in [0.15, 0.2) is 0 Å². The maximum atomic E-state index is 3.85. The third-order valence-electron chi connectivity index (χ3n) is 3.36. The standard InChI is InChI=1S/C17H27BrN2/c1-5-10-19-14(4)15-8-9-17(16(18)13-15)20(11-6-2)12-7-3/h6,8-9,13-14,19H,2,5,7,10-12H2,1,3-4H3. The minimum absolute atomic E-state index is 0.388. The summed E-state index contributed by atoms with van der Waals surface area (Å²) in [4.78, 5) is 2.35. The number of rotatable bonds is 9. The summed E-state index contributed by atoms with van der Waals surface area (Å²) in [6.45, 7) is 13.4. The van der Waals surface area contributed by atoms with Crippen molar-refractivity contribution in [2.24, 2.45) is 0 Å². The van der Waals surface area contributed by atoms with Crippen molar-refractivity contribution in [3.05, 3.63) is 40.9 Å². The molecule has 1 atom stereocenters. The molecule has 112 valence electrons. The Balaban J connectivity index is 2.87. The first-order valence-corrected chi connectivity index (χ1v) is 8.32. The van der Waals surface area contributed by atoms with Crippen LogP contribution in [0.3, 0.4) is 0 Å². The summed E-state index contributed by atoms with van der Waals surface area (Å²) in [6, 6.07) is 7.05. The Morgan fingerprint density at radius 2 is 2.10 bits per heavy atom. The van der Waals surface area contributed by atoms with Crippen molar-refractivity contribution in [1.29, 1.82) is 0 Å². The molecule has 1 unspecified atom stereocenters. The number of hydrogen-bond donors (Lipinski definition) is 1. The molecule has 0 aliphatic heterocycles. The molecule has 3 heteroatoms. The Bertz CT molecular complexity index is 417. The fraction of sp³-hybridized carbons (Fsp3) is 0.529. The molecule has 0 aliphatic carbocycles. The van der Waals surface area contributed by atoms with Crippen molar-refractivity contribution >= 4 is 21.6 Å². The second kappa shape index (κ2) is 9.19. The largest absolute Gasteiger partial charge is 0.367 e. The summed E-state index contributed by atoms with van der Waals surface area (Å²) in [5.41, 5.74) is 2.57. The zero-order valence-corrected chi connectivity index (χ0v) is 14.5. The van der Waals surface area contributed by atoms with Gasteiger partial charge in [-0.15, -0.1) is 6.58 Å². The molecule has 1 rings (SSSR count). The average Bonchev–Trinajstić information content (AvgIpc) is 2.44. The average molecular weight is 339 g/mol. The Labute approximate surface area is 132 Å². The van der Waals surface area contributed by atoms with E-state index in [-0.39, 0.29) is 0 Å². The van der Waals surface area contributed by atoms with E-state index in [9.17, 15) is 0 Å². The van der Waals surface area contributed by atoms with Gasteiger partial charge in [0.25, 0.3) is 0 Å². The smallest absolute Gasteiger partial charge is 0.0513 e. The Morgan fingerprint density at radius 3 is 2.65 bits per heavy atom. The van der Waals surface area contributed by atoms with Crippen LogP contribution >= 0.6 is 15.9 Å². The monoisotopic (exact) mass is 338 g/mol. The maximum absolute atomic E-state index is 3.85. The van der Waals surface area contributed by atoms with Gasteiger partial charge in [0.2, 0.25) is 0 Å². The highest BCUT2D eigenvalue weighted by Gasteiger charge is 2.11. The van der Waals surface area contributed by atoms with E-state index < -0.39 is 0 Å². The molecule has 0 saturated carbocycles. The van der Waals surface area contributed by atoms with Gasteiger partial charge >= 0.3 is 0 Å². The zero-order valence-electron chi connectivity index (χ0n) is 13.0. The Kier molecular flexibility index (Phi) is 7.93. The van der Waals surface area contributed by atoms with Crippen LogP contribution in [0.15, 0.2) is 35.3 Å². The van der Waals surface area contributed by atoms with Gasteiger partial charge in [-0.05, 0) is 59.9 Å². The summed E-state index contributed by atoms with van der Waals surface area (Å²) in [5.74, 6) is 0. The maximum Gasteiger partial charge on any atom is 0.0513 e. The third-order valence-corrected chi connectivity index (χ3v) is 3.99. The summed E-state index contributed by atoms with van der Waals surface area (Å²) in [7, 11) is 0. The van der Waals surface area contributed by atoms with E-state index in [2.05, 4.69) is 71.7 Å². The van der Waals surface area contributed by atoms with E-state index in [0.717, 1.165) is 36.9 Å². The van der Waals surface area contributed by atoms with Crippen LogP contribution in [0, 0.1) is 0 Å². The highest BCUT2D eigenvalue weighted by atomic mass is 79.9. The van der Waals surface area contributed by atoms with Gasteiger partial charge in [-0.25, -0.2) is 0 Å². The topological polar surface area (TPSA) is 15.3 Å². The van der Waals surface area contributed by atoms with Crippen LogP contribution in [0.25, 0.3) is 0 Å². The van der Waals surface area contributed by atoms with Gasteiger partial charge in [0.05, 0.1) is 5.69 Å². The zero-order chi connectivity index (χ0) is 15.0. The summed E-state index contributed by atoms with van der Waals surface area (Å²) < 4.78 is 1.16. The predicted molar refractivity (Wildman–Crippen MR) is 93.6 cm³/mol. The molecular weight excluding hydrogens is 312 g/mol. The molecule has 0 aromatic heterocycles. The van der Waals surface area contributed by atoms with Crippen molar-refractivity contribution in [2.45, 2.75) is 39.7 Å². The minimum Gasteiger partial charge on any atom is -0.367 e. The molecule has 0 amide bonds. The molecule has 0 radical (unpaired) electrons. The minimum atomic E-state index is 0.388. The van der Waals surface area contributed by atoms with Gasteiger partial charge in [-0.1, -0.05) is 26.0 Å². The lowest BCUT2D eigenvalue weighted by atomic mass is 10.1. The molecule has 0 fully saturated rings. The fourth-order valence-corrected chi connectivity index (χ4v) is 2.91. The fourth-order valence-electron chi connectivity index (χ4n) is 2.26. The van der Waals surface area contributed by atoms with E-state index in [1.807, 2.05) is 6.08 Å². The number of halogens is 1. The lowest BCUT2D eigenvalue weighted by Gasteiger charge is -2.25. The third kappa shape index (κ3) is 4.95. The van der Waals surface area contributed by atoms with Gasteiger partial charge in [-0.3, -0.25) is 0 Å². The molecule has 0 saturated heterocycles. The lowest BCUT2D eigenvalue weighted by molar-refractivity contribution is 0.570. The summed E-state index contributed by atoms with van der Waals surface area (Å²) in [5, 5.41) is 3.52. The van der Waals surface area contributed by atoms with Gasteiger partial charge in [-0.2, -0.15) is 0 Å². The molecule has 0 spiro atoms. The van der Waals surface area contributed by atoms with Crippen molar-refractivity contribution in [1.82, 2.24) is 5.32 Å². The van der Waals surface area contributed by atoms with Crippen molar-refractivity contribution in [3.63, 3.8) is 0 Å². The number of hydrogen-bond acceptors (Lipinski definition) is 2. The second-order valence-electron chi connectivity index (χ2n) is 5.12. The highest BCUT2D eigenvalue weighted by Crippen LogP contribution is 2.29. The second-order valence-corrected chi connectivity index (χ2v) is 5.98. The number of anilines is 1. The van der Waals surface area contributed by atoms with Crippen LogP contribution < -0.4 is 10.2 Å². The van der Waals surface area contributed by atoms with E-state index in [4.69, 9.17) is 0 Å². The van der Waals surface area contributed by atoms with E-state index >= 15 is 0 Å². The molecular formula is C17H27BrN2. The number of nitrogens with one attached hydrogen (secondary N) is 1. The first-order chi connectivity index (χ1) is 9.63. The first-order valence-electron chi connectivity index (χ1n) is 7.52. The van der Waals surface area contributed by atoms with Crippen LogP contribution in [0.4, 0.5) is 5.69 Å². The van der Waals surface area contributed by atoms with Crippen molar-refractivity contribution < 1.29 is 0 Å². The summed E-state index contributed by atoms with van der Waals surface area (Å²) in [6.07, 6.45) is 4.26. The summed E-state index contributed by atoms with van der Waals surface area (Å²) >= 11 is 3.72. The van der Waals surface area contributed by atoms with Crippen LogP contribution in [0.1, 0.15) is 45.2 Å². The van der Waals surface area contributed by atoms with Gasteiger partial charge in [0.1, 0.15) is 0 Å². The van der Waals surface area contributed by atoms with Crippen LogP contribution in [-0.4, -0.2) is 19.6 Å². The Hall–Kier alpha value is -0.800. The van der Waals surface area contributed by atoms with Crippen molar-refractivity contribution in [2.75, 3.05) is 24.5 Å². The van der Waals surface area contributed by atoms with Crippen LogP contribution in [0.2, 0.25) is 0 Å². The molecule has 1 aromatic rings. The highest BCUT2D eigenvalue weighted by molar-refractivity contribution is 9.10. The molecule has 20 heavy (non-hydrogen) atoms. The van der Waals surface area contributed by atoms with E-state index in [0.29, 0.717) is 6.04 Å². The molecule has 0 heterocycles. The number of nitrogens with zero attached hydrogens (tertiary/aromatic N) is 1. The normalized spacial score (nSPS) is 12.2. The van der Waals surface area contributed by atoms with E-state index in [1.165, 1.54) is 11.3 Å². The van der Waals surface area contributed by atoms with E-state index in [1.54, 1.807) is 0 Å². The SMILES string of the molecule is C=CCN(CCC)c1ccc(C(C)NCCC)cc1Br. The van der Waals surface area contributed by atoms with Crippen LogP contribution in [-0.2, 0) is 0 Å². The molecule has 1 aromatic carbocycles. The predicted octanol–water partition coefficient (Wildman–Crippen LogP) is 4.91. The molecule has 0 bridgehead atoms. The van der Waals surface area contributed by atoms with Gasteiger partial charge < -0.3 is 10.2 Å². The quantitative estimate of drug-likeness (QED) is 0.643. The van der Waals surface area contributed by atoms with Crippen LogP contribution in [0.5, 0.6) is 0 Å². The molecule has 1 N–H and O–H groups in total. The lowest BCUT2D eigenvalue weighted by Crippen LogP contribution is -2.24. The first kappa shape index (κ1) is 17.3. The van der Waals surface area contributed by atoms with Gasteiger partial charge in [0, 0.05) is 23.6 Å². The van der Waals surface area contributed by atoms with Crippen molar-refractivity contribution in [3.8, 4) is 0 Å². The molecule has 2 nitrogen and oxygen atoms in total. The number of benzene rings is 1. The Morgan fingerprint density at radius 1 is 1.35 bits per heavy atom. The molecule has 0 aliphatic rings.